The molecule has 0 saturated carbocycles. The highest BCUT2D eigenvalue weighted by Crippen LogP contribution is 2.29. The summed E-state index contributed by atoms with van der Waals surface area (Å²) in [6, 6.07) is 6.16. The Labute approximate surface area is 110 Å². The first-order chi connectivity index (χ1) is 8.13. The van der Waals surface area contributed by atoms with Crippen LogP contribution in [0.15, 0.2) is 34.1 Å². The maximum absolute atomic E-state index is 13.3. The molecule has 0 unspecified atom stereocenters. The van der Waals surface area contributed by atoms with Crippen LogP contribution in [0.2, 0.25) is 0 Å². The van der Waals surface area contributed by atoms with E-state index in [0.717, 1.165) is 0 Å². The number of halogens is 2. The van der Waals surface area contributed by atoms with Crippen LogP contribution < -0.4 is 4.74 Å². The van der Waals surface area contributed by atoms with Crippen LogP contribution in [0.5, 0.6) is 5.75 Å². The van der Waals surface area contributed by atoms with Crippen LogP contribution >= 0.6 is 27.3 Å². The van der Waals surface area contributed by atoms with Crippen LogP contribution in [0.3, 0.4) is 0 Å². The molecule has 0 saturated heterocycles. The second-order valence-corrected chi connectivity index (χ2v) is 5.08. The summed E-state index contributed by atoms with van der Waals surface area (Å²) in [4.78, 5) is 12.7. The molecule has 0 amide bonds. The molecule has 1 aromatic carbocycles. The Balaban J connectivity index is 2.51. The van der Waals surface area contributed by atoms with Crippen molar-refractivity contribution in [3.63, 3.8) is 0 Å². The predicted octanol–water partition coefficient (Wildman–Crippen LogP) is 3.89. The number of ketones is 1. The number of rotatable bonds is 3. The van der Waals surface area contributed by atoms with E-state index in [0.29, 0.717) is 10.4 Å². The lowest BCUT2D eigenvalue weighted by Gasteiger charge is -2.07. The van der Waals surface area contributed by atoms with Gasteiger partial charge in [0.25, 0.3) is 0 Å². The van der Waals surface area contributed by atoms with Gasteiger partial charge in [0, 0.05) is 6.07 Å². The molecule has 5 heteroatoms. The number of hydrogen-bond donors (Lipinski definition) is 0. The van der Waals surface area contributed by atoms with Crippen molar-refractivity contribution in [1.29, 1.82) is 0 Å². The van der Waals surface area contributed by atoms with Gasteiger partial charge in [-0.3, -0.25) is 4.79 Å². The number of carbonyl (C=O) groups is 1. The quantitative estimate of drug-likeness (QED) is 0.803. The van der Waals surface area contributed by atoms with Gasteiger partial charge in [0.15, 0.2) is 0 Å². The Morgan fingerprint density at radius 3 is 2.82 bits per heavy atom. The zero-order valence-corrected chi connectivity index (χ0v) is 11.3. The van der Waals surface area contributed by atoms with Gasteiger partial charge >= 0.3 is 0 Å². The zero-order chi connectivity index (χ0) is 12.4. The monoisotopic (exact) mass is 314 g/mol. The first kappa shape index (κ1) is 12.3. The molecular weight excluding hydrogens is 307 g/mol. The van der Waals surface area contributed by atoms with E-state index in [1.807, 2.05) is 5.38 Å². The summed E-state index contributed by atoms with van der Waals surface area (Å²) in [7, 11) is 1.41. The molecule has 2 aromatic rings. The summed E-state index contributed by atoms with van der Waals surface area (Å²) >= 11 is 4.40. The molecule has 17 heavy (non-hydrogen) atoms. The molecule has 1 heterocycles. The number of methoxy groups -OCH3 is 1. The lowest BCUT2D eigenvalue weighted by molar-refractivity contribution is 0.103. The Morgan fingerprint density at radius 1 is 1.47 bits per heavy atom. The van der Waals surface area contributed by atoms with Gasteiger partial charge in [0.1, 0.15) is 11.6 Å². The van der Waals surface area contributed by atoms with Gasteiger partial charge in [0.05, 0.1) is 22.0 Å². The minimum Gasteiger partial charge on any atom is -0.496 e. The molecule has 0 bridgehead atoms. The largest absolute Gasteiger partial charge is 0.496 e. The van der Waals surface area contributed by atoms with E-state index in [1.165, 1.54) is 30.6 Å². The second kappa shape index (κ2) is 4.98. The number of benzene rings is 1. The molecule has 0 aliphatic carbocycles. The van der Waals surface area contributed by atoms with Crippen molar-refractivity contribution in [2.75, 3.05) is 7.11 Å². The van der Waals surface area contributed by atoms with Crippen LogP contribution in [0.25, 0.3) is 0 Å². The van der Waals surface area contributed by atoms with E-state index < -0.39 is 5.82 Å². The van der Waals surface area contributed by atoms with Gasteiger partial charge in [-0.1, -0.05) is 6.07 Å². The minimum atomic E-state index is -0.454. The Kier molecular flexibility index (Phi) is 3.59. The SMILES string of the molecule is COc1cc(F)c(Br)cc1C(=O)c1cccs1. The van der Waals surface area contributed by atoms with Gasteiger partial charge in [-0.2, -0.15) is 0 Å². The molecule has 0 fully saturated rings. The van der Waals surface area contributed by atoms with Crippen molar-refractivity contribution < 1.29 is 13.9 Å². The average Bonchev–Trinajstić information content (AvgIpc) is 2.84. The number of hydrogen-bond acceptors (Lipinski definition) is 3. The molecule has 0 spiro atoms. The first-order valence-corrected chi connectivity index (χ1v) is 6.42. The molecule has 0 aliphatic rings. The molecule has 2 rings (SSSR count). The van der Waals surface area contributed by atoms with E-state index >= 15 is 0 Å². The summed E-state index contributed by atoms with van der Waals surface area (Å²) in [5.41, 5.74) is 0.350. The predicted molar refractivity (Wildman–Crippen MR) is 68.4 cm³/mol. The number of ether oxygens (including phenoxy) is 1. The molecule has 0 aliphatic heterocycles. The molecule has 88 valence electrons. The fourth-order valence-electron chi connectivity index (χ4n) is 1.42. The minimum absolute atomic E-state index is 0.169. The van der Waals surface area contributed by atoms with Crippen LogP contribution in [0, 0.1) is 5.82 Å². The van der Waals surface area contributed by atoms with Crippen molar-refractivity contribution in [1.82, 2.24) is 0 Å². The maximum Gasteiger partial charge on any atom is 0.206 e. The molecule has 0 radical (unpaired) electrons. The van der Waals surface area contributed by atoms with E-state index in [-0.39, 0.29) is 16.0 Å². The van der Waals surface area contributed by atoms with Gasteiger partial charge in [-0.15, -0.1) is 11.3 Å². The second-order valence-electron chi connectivity index (χ2n) is 3.27. The Hall–Kier alpha value is -1.20. The average molecular weight is 315 g/mol. The number of thiophene rings is 1. The maximum atomic E-state index is 13.3. The van der Waals surface area contributed by atoms with Crippen LogP contribution in [0.1, 0.15) is 15.2 Å². The van der Waals surface area contributed by atoms with Crippen molar-refractivity contribution in [2.45, 2.75) is 0 Å². The standard InChI is InChI=1S/C12H8BrFO2S/c1-16-10-6-9(14)8(13)5-7(10)12(15)11-3-2-4-17-11/h2-6H,1H3. The van der Waals surface area contributed by atoms with Gasteiger partial charge < -0.3 is 4.74 Å². The summed E-state index contributed by atoms with van der Waals surface area (Å²) in [6.45, 7) is 0. The van der Waals surface area contributed by atoms with Crippen molar-refractivity contribution in [3.05, 3.63) is 50.4 Å². The third kappa shape index (κ3) is 2.40. The fraction of sp³-hybridized carbons (Fsp3) is 0.0833. The van der Waals surface area contributed by atoms with Crippen molar-refractivity contribution in [2.24, 2.45) is 0 Å². The summed E-state index contributed by atoms with van der Waals surface area (Å²) in [5.74, 6) is -0.383. The van der Waals surface area contributed by atoms with Crippen molar-refractivity contribution >= 4 is 33.0 Å². The normalized spacial score (nSPS) is 10.3. The lowest BCUT2D eigenvalue weighted by Crippen LogP contribution is -2.03. The van der Waals surface area contributed by atoms with Gasteiger partial charge in [-0.25, -0.2) is 4.39 Å². The van der Waals surface area contributed by atoms with E-state index in [1.54, 1.807) is 12.1 Å². The van der Waals surface area contributed by atoms with Crippen molar-refractivity contribution in [3.8, 4) is 5.75 Å². The third-order valence-corrected chi connectivity index (χ3v) is 3.71. The van der Waals surface area contributed by atoms with Gasteiger partial charge in [-0.05, 0) is 33.4 Å². The highest BCUT2D eigenvalue weighted by atomic mass is 79.9. The third-order valence-electron chi connectivity index (χ3n) is 2.23. The summed E-state index contributed by atoms with van der Waals surface area (Å²) < 4.78 is 18.6. The van der Waals surface area contributed by atoms with Crippen LogP contribution in [0.4, 0.5) is 4.39 Å². The molecule has 0 N–H and O–H groups in total. The van der Waals surface area contributed by atoms with Gasteiger partial charge in [0.2, 0.25) is 5.78 Å². The Morgan fingerprint density at radius 2 is 2.24 bits per heavy atom. The first-order valence-electron chi connectivity index (χ1n) is 4.74. The molecule has 0 atom stereocenters. The summed E-state index contributed by atoms with van der Waals surface area (Å²) in [5, 5.41) is 1.82. The fourth-order valence-corrected chi connectivity index (χ4v) is 2.44. The lowest BCUT2D eigenvalue weighted by atomic mass is 10.1. The van der Waals surface area contributed by atoms with E-state index in [4.69, 9.17) is 4.74 Å². The summed E-state index contributed by atoms with van der Waals surface area (Å²) in [6.07, 6.45) is 0. The zero-order valence-electron chi connectivity index (χ0n) is 8.87. The Bertz CT molecular complexity index is 552. The smallest absolute Gasteiger partial charge is 0.206 e. The van der Waals surface area contributed by atoms with Crippen LogP contribution in [-0.4, -0.2) is 12.9 Å². The van der Waals surface area contributed by atoms with E-state index in [2.05, 4.69) is 15.9 Å². The van der Waals surface area contributed by atoms with E-state index in [9.17, 15) is 9.18 Å². The number of carbonyl (C=O) groups excluding carboxylic acids is 1. The molecule has 1 aromatic heterocycles. The molecule has 2 nitrogen and oxygen atoms in total. The van der Waals surface area contributed by atoms with Crippen LogP contribution in [-0.2, 0) is 0 Å². The highest BCUT2D eigenvalue weighted by molar-refractivity contribution is 9.10. The topological polar surface area (TPSA) is 26.3 Å². The highest BCUT2D eigenvalue weighted by Gasteiger charge is 2.17. The molecular formula is C12H8BrFO2S.